The maximum atomic E-state index is 2.42. The predicted molar refractivity (Wildman–Crippen MR) is 89.8 cm³/mol. The highest BCUT2D eigenvalue weighted by Gasteiger charge is 2.24. The number of fused-ring (bicyclic) bond motifs is 5. The molecule has 0 amide bonds. The first-order chi connectivity index (χ1) is 10.3. The summed E-state index contributed by atoms with van der Waals surface area (Å²) in [5.41, 5.74) is 8.70. The van der Waals surface area contributed by atoms with Gasteiger partial charge in [0, 0.05) is 35.6 Å². The molecule has 1 heterocycles. The average Bonchev–Trinajstić information content (AvgIpc) is 3.02. The summed E-state index contributed by atoms with van der Waals surface area (Å²) in [5.74, 6) is 0. The Morgan fingerprint density at radius 3 is 2.81 bits per heavy atom. The van der Waals surface area contributed by atoms with Gasteiger partial charge in [0.1, 0.15) is 0 Å². The Morgan fingerprint density at radius 2 is 1.95 bits per heavy atom. The molecule has 21 heavy (non-hydrogen) atoms. The topological polar surface area (TPSA) is 4.93 Å². The van der Waals surface area contributed by atoms with Gasteiger partial charge in [0.15, 0.2) is 0 Å². The smallest absolute Gasteiger partial charge is 0.0486 e. The average molecular weight is 275 g/mol. The van der Waals surface area contributed by atoms with Crippen LogP contribution in [0, 0.1) is 0 Å². The summed E-state index contributed by atoms with van der Waals surface area (Å²) in [7, 11) is 2.21. The standard InChI is InChI=1S/C20H21N/c1-3-4-7-14-10-11-18-17(12-14)20-16-9-6-5-8-15(16)13-19(20)21(18)2/h5-6,8-12H,3-4,7,13H2,1-2H3. The van der Waals surface area contributed by atoms with E-state index in [9.17, 15) is 0 Å². The fourth-order valence-corrected chi connectivity index (χ4v) is 3.69. The third-order valence-corrected chi connectivity index (χ3v) is 4.85. The van der Waals surface area contributed by atoms with Crippen LogP contribution in [0.4, 0.5) is 0 Å². The molecular formula is C20H21N. The minimum atomic E-state index is 1.07. The Morgan fingerprint density at radius 1 is 1.10 bits per heavy atom. The summed E-state index contributed by atoms with van der Waals surface area (Å²) in [6, 6.07) is 15.9. The lowest BCUT2D eigenvalue weighted by Gasteiger charge is -2.05. The maximum Gasteiger partial charge on any atom is 0.0486 e. The molecule has 0 bridgehead atoms. The largest absolute Gasteiger partial charge is 0.347 e. The van der Waals surface area contributed by atoms with E-state index in [1.165, 1.54) is 58.1 Å². The number of rotatable bonds is 3. The molecule has 1 aliphatic carbocycles. The van der Waals surface area contributed by atoms with E-state index in [2.05, 4.69) is 61.0 Å². The molecule has 4 rings (SSSR count). The zero-order chi connectivity index (χ0) is 14.4. The first-order valence-electron chi connectivity index (χ1n) is 7.98. The van der Waals surface area contributed by atoms with Crippen molar-refractivity contribution in [1.29, 1.82) is 0 Å². The lowest BCUT2D eigenvalue weighted by molar-refractivity contribution is 0.795. The van der Waals surface area contributed by atoms with Gasteiger partial charge in [-0.05, 0) is 41.7 Å². The van der Waals surface area contributed by atoms with Gasteiger partial charge in [0.2, 0.25) is 0 Å². The second-order valence-electron chi connectivity index (χ2n) is 6.17. The number of benzene rings is 2. The third-order valence-electron chi connectivity index (χ3n) is 4.85. The Labute approximate surface area is 126 Å². The van der Waals surface area contributed by atoms with Crippen LogP contribution in [0.3, 0.4) is 0 Å². The van der Waals surface area contributed by atoms with Crippen LogP contribution in [0.5, 0.6) is 0 Å². The minimum absolute atomic E-state index is 1.07. The number of hydrogen-bond donors (Lipinski definition) is 0. The van der Waals surface area contributed by atoms with E-state index >= 15 is 0 Å². The quantitative estimate of drug-likeness (QED) is 0.490. The van der Waals surface area contributed by atoms with Crippen LogP contribution in [-0.2, 0) is 19.9 Å². The molecule has 0 saturated heterocycles. The molecule has 0 atom stereocenters. The first-order valence-corrected chi connectivity index (χ1v) is 7.98. The van der Waals surface area contributed by atoms with Crippen molar-refractivity contribution in [3.8, 4) is 11.1 Å². The van der Waals surface area contributed by atoms with Gasteiger partial charge < -0.3 is 4.57 Å². The van der Waals surface area contributed by atoms with Crippen LogP contribution in [0.25, 0.3) is 22.0 Å². The molecule has 0 N–H and O–H groups in total. The van der Waals surface area contributed by atoms with E-state index in [0.29, 0.717) is 0 Å². The molecular weight excluding hydrogens is 254 g/mol. The fourth-order valence-electron chi connectivity index (χ4n) is 3.69. The molecule has 0 unspecified atom stereocenters. The van der Waals surface area contributed by atoms with Crippen LogP contribution in [-0.4, -0.2) is 4.57 Å². The lowest BCUT2D eigenvalue weighted by atomic mass is 10.0. The summed E-state index contributed by atoms with van der Waals surface area (Å²) in [5, 5.41) is 1.44. The van der Waals surface area contributed by atoms with Crippen molar-refractivity contribution in [2.45, 2.75) is 32.6 Å². The molecule has 3 aromatic rings. The number of nitrogens with zero attached hydrogens (tertiary/aromatic N) is 1. The predicted octanol–water partition coefficient (Wildman–Crippen LogP) is 5.09. The molecule has 0 radical (unpaired) electrons. The van der Waals surface area contributed by atoms with Gasteiger partial charge in [-0.3, -0.25) is 0 Å². The summed E-state index contributed by atoms with van der Waals surface area (Å²) in [6.07, 6.45) is 4.80. The van der Waals surface area contributed by atoms with Crippen molar-refractivity contribution in [2.75, 3.05) is 0 Å². The monoisotopic (exact) mass is 275 g/mol. The van der Waals surface area contributed by atoms with E-state index in [-0.39, 0.29) is 0 Å². The molecule has 0 aliphatic heterocycles. The molecule has 1 aromatic heterocycles. The Bertz CT molecular complexity index is 823. The van der Waals surface area contributed by atoms with E-state index in [0.717, 1.165) is 6.42 Å². The summed E-state index contributed by atoms with van der Waals surface area (Å²) < 4.78 is 2.38. The Hall–Kier alpha value is -2.02. The molecule has 2 aromatic carbocycles. The van der Waals surface area contributed by atoms with Gasteiger partial charge in [-0.1, -0.05) is 43.7 Å². The highest BCUT2D eigenvalue weighted by atomic mass is 15.0. The number of aromatic nitrogens is 1. The van der Waals surface area contributed by atoms with E-state index in [1.54, 1.807) is 0 Å². The van der Waals surface area contributed by atoms with Crippen molar-refractivity contribution < 1.29 is 0 Å². The van der Waals surface area contributed by atoms with Crippen molar-refractivity contribution in [2.24, 2.45) is 7.05 Å². The van der Waals surface area contributed by atoms with Crippen LogP contribution < -0.4 is 0 Å². The lowest BCUT2D eigenvalue weighted by Crippen LogP contribution is -1.94. The van der Waals surface area contributed by atoms with Gasteiger partial charge in [-0.15, -0.1) is 0 Å². The summed E-state index contributed by atoms with van der Waals surface area (Å²) in [4.78, 5) is 0. The summed E-state index contributed by atoms with van der Waals surface area (Å²) >= 11 is 0. The molecule has 1 aliphatic rings. The number of unbranched alkanes of at least 4 members (excludes halogenated alkanes) is 1. The van der Waals surface area contributed by atoms with Gasteiger partial charge in [0.05, 0.1) is 0 Å². The van der Waals surface area contributed by atoms with Crippen LogP contribution in [0.2, 0.25) is 0 Å². The fraction of sp³-hybridized carbons (Fsp3) is 0.300. The second-order valence-corrected chi connectivity index (χ2v) is 6.17. The maximum absolute atomic E-state index is 2.42. The third kappa shape index (κ3) is 1.84. The zero-order valence-electron chi connectivity index (χ0n) is 12.8. The Balaban J connectivity index is 1.94. The number of aryl methyl sites for hydroxylation is 2. The van der Waals surface area contributed by atoms with Gasteiger partial charge in [0.25, 0.3) is 0 Å². The van der Waals surface area contributed by atoms with Crippen molar-refractivity contribution in [1.82, 2.24) is 4.57 Å². The number of hydrogen-bond acceptors (Lipinski definition) is 0. The molecule has 0 saturated carbocycles. The van der Waals surface area contributed by atoms with Gasteiger partial charge in [-0.25, -0.2) is 0 Å². The molecule has 106 valence electrons. The zero-order valence-corrected chi connectivity index (χ0v) is 12.8. The minimum Gasteiger partial charge on any atom is -0.347 e. The molecule has 1 heteroatoms. The highest BCUT2D eigenvalue weighted by Crippen LogP contribution is 2.43. The van der Waals surface area contributed by atoms with Gasteiger partial charge in [-0.2, -0.15) is 0 Å². The molecule has 0 spiro atoms. The SMILES string of the molecule is CCCCc1ccc2c(c1)c1c(n2C)Cc2ccccc2-1. The van der Waals surface area contributed by atoms with E-state index < -0.39 is 0 Å². The first kappa shape index (κ1) is 12.7. The van der Waals surface area contributed by atoms with Gasteiger partial charge >= 0.3 is 0 Å². The van der Waals surface area contributed by atoms with Crippen molar-refractivity contribution in [3.05, 3.63) is 59.3 Å². The van der Waals surface area contributed by atoms with Crippen LogP contribution in [0.1, 0.15) is 36.6 Å². The van der Waals surface area contributed by atoms with Crippen molar-refractivity contribution >= 4 is 10.9 Å². The highest BCUT2D eigenvalue weighted by molar-refractivity contribution is 6.01. The molecule has 1 nitrogen and oxygen atoms in total. The van der Waals surface area contributed by atoms with Crippen LogP contribution in [0.15, 0.2) is 42.5 Å². The molecule has 0 fully saturated rings. The van der Waals surface area contributed by atoms with Crippen molar-refractivity contribution in [3.63, 3.8) is 0 Å². The normalized spacial score (nSPS) is 12.7. The summed E-state index contributed by atoms with van der Waals surface area (Å²) in [6.45, 7) is 2.26. The Kier molecular flexibility index (Phi) is 2.88. The van der Waals surface area contributed by atoms with Crippen LogP contribution >= 0.6 is 0 Å². The van der Waals surface area contributed by atoms with E-state index in [1.807, 2.05) is 0 Å². The van der Waals surface area contributed by atoms with E-state index in [4.69, 9.17) is 0 Å². The second kappa shape index (κ2) is 4.77.